The van der Waals surface area contributed by atoms with Crippen molar-refractivity contribution < 1.29 is 18.0 Å². The Hall–Kier alpha value is -4.48. The number of nitrogens with one attached hydrogen (secondary N) is 1. The number of carbonyl (C=O) groups excluding carboxylic acids is 2. The smallest absolute Gasteiger partial charge is 0.258 e. The minimum absolute atomic E-state index is 0.0794. The molecule has 236 valence electrons. The van der Waals surface area contributed by atoms with E-state index < -0.39 is 15.4 Å². The Morgan fingerprint density at radius 2 is 1.58 bits per heavy atom. The normalized spacial score (nSPS) is 15.0. The average molecular weight is 630 g/mol. The molecule has 0 saturated carbocycles. The molecule has 11 heteroatoms. The third kappa shape index (κ3) is 6.64. The lowest BCUT2D eigenvalue weighted by molar-refractivity contribution is -0.137. The summed E-state index contributed by atoms with van der Waals surface area (Å²) in [6, 6.07) is 22.4. The van der Waals surface area contributed by atoms with E-state index in [0.29, 0.717) is 55.2 Å². The molecule has 0 aliphatic carbocycles. The van der Waals surface area contributed by atoms with E-state index in [0.717, 1.165) is 22.8 Å². The summed E-state index contributed by atoms with van der Waals surface area (Å²) >= 11 is 0. The van der Waals surface area contributed by atoms with Gasteiger partial charge in [-0.2, -0.15) is 0 Å². The topological polar surface area (TPSA) is 112 Å². The van der Waals surface area contributed by atoms with Gasteiger partial charge in [-0.15, -0.1) is 0 Å². The van der Waals surface area contributed by atoms with Crippen molar-refractivity contribution in [1.82, 2.24) is 9.47 Å². The van der Waals surface area contributed by atoms with Gasteiger partial charge in [0.25, 0.3) is 5.56 Å². The van der Waals surface area contributed by atoms with Gasteiger partial charge >= 0.3 is 0 Å². The molecule has 3 aromatic carbocycles. The summed E-state index contributed by atoms with van der Waals surface area (Å²) in [5.41, 5.74) is 2.19. The van der Waals surface area contributed by atoms with E-state index in [1.54, 1.807) is 53.6 Å². The van der Waals surface area contributed by atoms with E-state index in [4.69, 9.17) is 0 Å². The molecule has 5 rings (SSSR count). The van der Waals surface area contributed by atoms with E-state index in [1.165, 1.54) is 0 Å². The first-order valence-corrected chi connectivity index (χ1v) is 16.8. The van der Waals surface area contributed by atoms with Crippen LogP contribution >= 0.6 is 0 Å². The summed E-state index contributed by atoms with van der Waals surface area (Å²) < 4.78 is 28.5. The van der Waals surface area contributed by atoms with Gasteiger partial charge in [0, 0.05) is 51.4 Å². The number of carbonyl (C=O) groups is 2. The number of rotatable bonds is 10. The van der Waals surface area contributed by atoms with Gasteiger partial charge in [-0.1, -0.05) is 42.5 Å². The maximum Gasteiger partial charge on any atom is 0.258 e. The van der Waals surface area contributed by atoms with Gasteiger partial charge in [0.2, 0.25) is 21.8 Å². The molecule has 1 aliphatic rings. The number of hydrogen-bond donors (Lipinski definition) is 1. The van der Waals surface area contributed by atoms with Gasteiger partial charge in [-0.25, -0.2) is 8.42 Å². The van der Waals surface area contributed by atoms with Crippen molar-refractivity contribution in [2.24, 2.45) is 5.41 Å². The van der Waals surface area contributed by atoms with Crippen LogP contribution in [0.4, 0.5) is 17.1 Å². The number of pyridine rings is 1. The average Bonchev–Trinajstić information content (AvgIpc) is 3.05. The number of benzene rings is 3. The number of amides is 2. The van der Waals surface area contributed by atoms with E-state index in [9.17, 15) is 22.8 Å². The first kappa shape index (κ1) is 31.9. The highest BCUT2D eigenvalue weighted by atomic mass is 32.2. The summed E-state index contributed by atoms with van der Waals surface area (Å²) in [6.07, 6.45) is 2.91. The van der Waals surface area contributed by atoms with E-state index in [2.05, 4.69) is 9.62 Å². The molecule has 0 atom stereocenters. The molecule has 2 amide bonds. The molecule has 1 aliphatic heterocycles. The quantitative estimate of drug-likeness (QED) is 0.260. The Labute approximate surface area is 263 Å². The molecule has 0 bridgehead atoms. The predicted molar refractivity (Wildman–Crippen MR) is 179 cm³/mol. The van der Waals surface area contributed by atoms with E-state index in [-0.39, 0.29) is 17.4 Å². The van der Waals surface area contributed by atoms with Gasteiger partial charge in [0.15, 0.2) is 0 Å². The standard InChI is InChI=1S/C34H39N5O5S/c1-6-39-29-16-15-24(21-30(29)36(4)32(41)34(2,3)33(39)42)22-37(23-26-12-8-10-14-28(26)35-45(5,43)44)19-20-38-18-17-25-11-7-9-13-27(25)31(38)40/h7-18,21,35H,6,19-20,22-23H2,1-5H3. The molecule has 1 N–H and O–H groups in total. The lowest BCUT2D eigenvalue weighted by Crippen LogP contribution is -2.47. The molecule has 4 aromatic rings. The van der Waals surface area contributed by atoms with E-state index >= 15 is 0 Å². The number of fused-ring (bicyclic) bond motifs is 2. The molecule has 0 radical (unpaired) electrons. The minimum atomic E-state index is -3.51. The maximum atomic E-state index is 13.4. The minimum Gasteiger partial charge on any atom is -0.314 e. The zero-order chi connectivity index (χ0) is 32.5. The van der Waals surface area contributed by atoms with E-state index in [1.807, 2.05) is 67.6 Å². The Bertz CT molecular complexity index is 1940. The van der Waals surface area contributed by atoms with Crippen molar-refractivity contribution >= 4 is 49.7 Å². The second-order valence-corrected chi connectivity index (χ2v) is 13.8. The summed E-state index contributed by atoms with van der Waals surface area (Å²) in [5.74, 6) is -0.527. The van der Waals surface area contributed by atoms with Gasteiger partial charge in [-0.3, -0.25) is 24.0 Å². The van der Waals surface area contributed by atoms with Crippen LogP contribution in [0.5, 0.6) is 0 Å². The first-order valence-electron chi connectivity index (χ1n) is 14.9. The monoisotopic (exact) mass is 629 g/mol. The molecule has 0 spiro atoms. The van der Waals surface area contributed by atoms with Crippen LogP contribution in [0, 0.1) is 5.41 Å². The molecule has 10 nitrogen and oxygen atoms in total. The van der Waals surface area contributed by atoms with Gasteiger partial charge in [0.05, 0.1) is 23.3 Å². The van der Waals surface area contributed by atoms with Crippen LogP contribution in [0.25, 0.3) is 10.8 Å². The maximum absolute atomic E-state index is 13.4. The van der Waals surface area contributed by atoms with Crippen molar-refractivity contribution in [1.29, 1.82) is 0 Å². The fourth-order valence-corrected chi connectivity index (χ4v) is 6.47. The van der Waals surface area contributed by atoms with Crippen LogP contribution in [-0.4, -0.2) is 56.1 Å². The Morgan fingerprint density at radius 1 is 0.867 bits per heavy atom. The van der Waals surface area contributed by atoms with Crippen molar-refractivity contribution in [3.05, 3.63) is 100 Å². The zero-order valence-electron chi connectivity index (χ0n) is 26.3. The number of nitrogens with zero attached hydrogens (tertiary/aromatic N) is 4. The SMILES string of the molecule is CCN1C(=O)C(C)(C)C(=O)N(C)c2cc(CN(CCn3ccc4ccccc4c3=O)Cc3ccccc3NS(C)(=O)=O)ccc21. The van der Waals surface area contributed by atoms with Crippen LogP contribution in [0.2, 0.25) is 0 Å². The number of para-hydroxylation sites is 1. The molecule has 0 saturated heterocycles. The van der Waals surface area contributed by atoms with Crippen LogP contribution < -0.4 is 20.1 Å². The number of sulfonamides is 1. The highest BCUT2D eigenvalue weighted by Gasteiger charge is 2.45. The van der Waals surface area contributed by atoms with Crippen LogP contribution in [-0.2, 0) is 39.2 Å². The van der Waals surface area contributed by atoms with Crippen LogP contribution in [0.15, 0.2) is 83.8 Å². The third-order valence-corrected chi connectivity index (χ3v) is 8.87. The van der Waals surface area contributed by atoms with Crippen molar-refractivity contribution in [3.8, 4) is 0 Å². The summed E-state index contributed by atoms with van der Waals surface area (Å²) in [4.78, 5) is 45.3. The lowest BCUT2D eigenvalue weighted by Gasteiger charge is -2.27. The molecule has 0 fully saturated rings. The molecule has 0 unspecified atom stereocenters. The Balaban J connectivity index is 1.50. The van der Waals surface area contributed by atoms with Crippen molar-refractivity contribution in [2.75, 3.05) is 40.9 Å². The van der Waals surface area contributed by atoms with Gasteiger partial charge in [-0.05, 0) is 67.6 Å². The Kier molecular flexibility index (Phi) is 8.86. The summed E-state index contributed by atoms with van der Waals surface area (Å²) in [7, 11) is -1.82. The highest BCUT2D eigenvalue weighted by Crippen LogP contribution is 2.39. The highest BCUT2D eigenvalue weighted by molar-refractivity contribution is 7.92. The molecule has 45 heavy (non-hydrogen) atoms. The molecular formula is C34H39N5O5S. The predicted octanol–water partition coefficient (Wildman–Crippen LogP) is 4.43. The van der Waals surface area contributed by atoms with Crippen LogP contribution in [0.1, 0.15) is 31.9 Å². The van der Waals surface area contributed by atoms with Crippen molar-refractivity contribution in [2.45, 2.75) is 40.4 Å². The van der Waals surface area contributed by atoms with Gasteiger partial charge in [0.1, 0.15) is 5.41 Å². The molecule has 2 heterocycles. The number of hydrogen-bond acceptors (Lipinski definition) is 6. The summed E-state index contributed by atoms with van der Waals surface area (Å²) in [6.45, 7) is 7.33. The van der Waals surface area contributed by atoms with Crippen LogP contribution in [0.3, 0.4) is 0 Å². The lowest BCUT2D eigenvalue weighted by atomic mass is 9.90. The van der Waals surface area contributed by atoms with Crippen molar-refractivity contribution in [3.63, 3.8) is 0 Å². The second-order valence-electron chi connectivity index (χ2n) is 12.0. The first-order chi connectivity index (χ1) is 21.3. The molecule has 1 aromatic heterocycles. The zero-order valence-corrected chi connectivity index (χ0v) is 27.1. The fourth-order valence-electron chi connectivity index (χ4n) is 5.87. The largest absolute Gasteiger partial charge is 0.314 e. The number of anilines is 3. The molecular weight excluding hydrogens is 590 g/mol. The van der Waals surface area contributed by atoms with Gasteiger partial charge < -0.3 is 14.4 Å². The third-order valence-electron chi connectivity index (χ3n) is 8.28. The number of aromatic nitrogens is 1. The fraction of sp³-hybridized carbons (Fsp3) is 0.324. The summed E-state index contributed by atoms with van der Waals surface area (Å²) in [5, 5.41) is 1.52. The Morgan fingerprint density at radius 3 is 2.31 bits per heavy atom. The second kappa shape index (κ2) is 12.5.